The Bertz CT molecular complexity index is 469. The van der Waals surface area contributed by atoms with Gasteiger partial charge in [0, 0.05) is 25.1 Å². The van der Waals surface area contributed by atoms with Gasteiger partial charge in [-0.1, -0.05) is 6.92 Å². The number of non-ortho nitro benzene ring substituents is 1. The fourth-order valence-corrected chi connectivity index (χ4v) is 1.61. The van der Waals surface area contributed by atoms with Crippen LogP contribution in [0.3, 0.4) is 0 Å². The van der Waals surface area contributed by atoms with Crippen LogP contribution in [0.1, 0.15) is 25.3 Å². The molecule has 4 nitrogen and oxygen atoms in total. The molecule has 0 bridgehead atoms. The van der Waals surface area contributed by atoms with Crippen molar-refractivity contribution in [2.24, 2.45) is 0 Å². The van der Waals surface area contributed by atoms with Crippen molar-refractivity contribution in [3.63, 3.8) is 0 Å². The van der Waals surface area contributed by atoms with Crippen LogP contribution in [0.5, 0.6) is 0 Å². The maximum atomic E-state index is 13.2. The van der Waals surface area contributed by atoms with Crippen LogP contribution in [-0.4, -0.2) is 11.0 Å². The topological polar surface area (TPSA) is 55.2 Å². The van der Waals surface area contributed by atoms with Crippen molar-refractivity contribution in [2.45, 2.75) is 32.4 Å². The molecule has 0 aliphatic heterocycles. The summed E-state index contributed by atoms with van der Waals surface area (Å²) in [6, 6.07) is 3.68. The van der Waals surface area contributed by atoms with Gasteiger partial charge in [-0.15, -0.1) is 12.3 Å². The molecule has 1 aromatic rings. The van der Waals surface area contributed by atoms with Crippen molar-refractivity contribution < 1.29 is 9.31 Å². The van der Waals surface area contributed by atoms with Crippen LogP contribution in [0.15, 0.2) is 18.2 Å². The second-order valence-corrected chi connectivity index (χ2v) is 3.97. The van der Waals surface area contributed by atoms with Crippen LogP contribution in [0.25, 0.3) is 0 Å². The van der Waals surface area contributed by atoms with Crippen molar-refractivity contribution in [2.75, 3.05) is 0 Å². The van der Waals surface area contributed by atoms with Crippen molar-refractivity contribution in [1.82, 2.24) is 5.32 Å². The smallest absolute Gasteiger partial charge is 0.272 e. The molecule has 1 aromatic carbocycles. The lowest BCUT2D eigenvalue weighted by atomic mass is 10.1. The lowest BCUT2D eigenvalue weighted by Crippen LogP contribution is -2.27. The molecule has 5 heteroatoms. The summed E-state index contributed by atoms with van der Waals surface area (Å²) in [7, 11) is 0. The van der Waals surface area contributed by atoms with Crippen LogP contribution < -0.4 is 5.32 Å². The monoisotopic (exact) mass is 250 g/mol. The Balaban J connectivity index is 2.73. The second kappa shape index (κ2) is 6.72. The first-order valence-corrected chi connectivity index (χ1v) is 5.67. The number of hydrogen-bond donors (Lipinski definition) is 1. The number of terminal acetylenes is 1. The van der Waals surface area contributed by atoms with Crippen molar-refractivity contribution in [1.29, 1.82) is 0 Å². The highest BCUT2D eigenvalue weighted by atomic mass is 19.1. The third-order valence-electron chi connectivity index (χ3n) is 2.61. The molecule has 0 aliphatic carbocycles. The number of halogens is 1. The molecule has 0 saturated carbocycles. The molecule has 0 radical (unpaired) electrons. The molecule has 96 valence electrons. The molecule has 0 heterocycles. The van der Waals surface area contributed by atoms with E-state index in [0.29, 0.717) is 18.5 Å². The van der Waals surface area contributed by atoms with Crippen LogP contribution in [-0.2, 0) is 6.54 Å². The number of nitro groups is 1. The van der Waals surface area contributed by atoms with E-state index in [1.165, 1.54) is 12.1 Å². The zero-order chi connectivity index (χ0) is 13.5. The summed E-state index contributed by atoms with van der Waals surface area (Å²) >= 11 is 0. The first-order chi connectivity index (χ1) is 8.56. The standard InChI is InChI=1S/C13H15FN2O2/c1-3-5-12(4-2)15-9-10-6-11(14)8-13(7-10)16(17)18/h1,6-8,12,15H,4-5,9H2,2H3. The number of nitrogens with one attached hydrogen (secondary N) is 1. The van der Waals surface area contributed by atoms with Gasteiger partial charge in [-0.25, -0.2) is 4.39 Å². The molecule has 1 N–H and O–H groups in total. The summed E-state index contributed by atoms with van der Waals surface area (Å²) in [6.45, 7) is 2.35. The molecule has 1 rings (SSSR count). The molecule has 0 spiro atoms. The summed E-state index contributed by atoms with van der Waals surface area (Å²) in [5, 5.41) is 13.7. The van der Waals surface area contributed by atoms with Gasteiger partial charge in [0.15, 0.2) is 0 Å². The minimum absolute atomic E-state index is 0.136. The molecule has 0 aliphatic rings. The molecule has 0 amide bonds. The number of nitro benzene ring substituents is 1. The van der Waals surface area contributed by atoms with E-state index in [9.17, 15) is 14.5 Å². The summed E-state index contributed by atoms with van der Waals surface area (Å²) in [4.78, 5) is 9.99. The van der Waals surface area contributed by atoms with Gasteiger partial charge < -0.3 is 5.32 Å². The predicted octanol–water partition coefficient (Wildman–Crippen LogP) is 2.63. The fourth-order valence-electron chi connectivity index (χ4n) is 1.61. The van der Waals surface area contributed by atoms with Crippen LogP contribution >= 0.6 is 0 Å². The molecule has 18 heavy (non-hydrogen) atoms. The zero-order valence-electron chi connectivity index (χ0n) is 10.1. The predicted molar refractivity (Wildman–Crippen MR) is 67.4 cm³/mol. The number of benzene rings is 1. The highest BCUT2D eigenvalue weighted by Gasteiger charge is 2.10. The molecule has 0 aromatic heterocycles. The average molecular weight is 250 g/mol. The summed E-state index contributed by atoms with van der Waals surface area (Å²) in [5.74, 6) is 1.95. The minimum atomic E-state index is -0.606. The lowest BCUT2D eigenvalue weighted by molar-refractivity contribution is -0.385. The Morgan fingerprint density at radius 3 is 2.83 bits per heavy atom. The summed E-state index contributed by atoms with van der Waals surface area (Å²) in [5.41, 5.74) is 0.300. The molecule has 0 fully saturated rings. The van der Waals surface area contributed by atoms with Crippen LogP contribution in [0.2, 0.25) is 0 Å². The second-order valence-electron chi connectivity index (χ2n) is 3.97. The van der Waals surface area contributed by atoms with Gasteiger partial charge in [0.05, 0.1) is 11.0 Å². The van der Waals surface area contributed by atoms with E-state index in [4.69, 9.17) is 6.42 Å². The van der Waals surface area contributed by atoms with Gasteiger partial charge >= 0.3 is 0 Å². The lowest BCUT2D eigenvalue weighted by Gasteiger charge is -2.14. The maximum Gasteiger partial charge on any atom is 0.272 e. The van der Waals surface area contributed by atoms with Crippen LogP contribution in [0.4, 0.5) is 10.1 Å². The first kappa shape index (κ1) is 14.1. The number of rotatable bonds is 6. The summed E-state index contributed by atoms with van der Waals surface area (Å²) < 4.78 is 13.2. The Morgan fingerprint density at radius 2 is 2.28 bits per heavy atom. The third-order valence-corrected chi connectivity index (χ3v) is 2.61. The SMILES string of the molecule is C#CCC(CC)NCc1cc(F)cc([N+](=O)[O-])c1. The van der Waals surface area contributed by atoms with Gasteiger partial charge in [0.2, 0.25) is 0 Å². The maximum absolute atomic E-state index is 13.2. The normalized spacial score (nSPS) is 11.8. The number of hydrogen-bond acceptors (Lipinski definition) is 3. The van der Waals surface area contributed by atoms with Gasteiger partial charge in [-0.05, 0) is 18.1 Å². The van der Waals surface area contributed by atoms with Gasteiger partial charge in [-0.2, -0.15) is 0 Å². The van der Waals surface area contributed by atoms with Crippen LogP contribution in [0, 0.1) is 28.3 Å². The van der Waals surface area contributed by atoms with E-state index in [1.54, 1.807) is 0 Å². The van der Waals surface area contributed by atoms with E-state index in [1.807, 2.05) is 6.92 Å². The van der Waals surface area contributed by atoms with E-state index in [0.717, 1.165) is 12.5 Å². The largest absolute Gasteiger partial charge is 0.309 e. The van der Waals surface area contributed by atoms with E-state index >= 15 is 0 Å². The molecular weight excluding hydrogens is 235 g/mol. The van der Waals surface area contributed by atoms with E-state index < -0.39 is 10.7 Å². The summed E-state index contributed by atoms with van der Waals surface area (Å²) in [6.07, 6.45) is 6.65. The van der Waals surface area contributed by atoms with E-state index in [2.05, 4.69) is 11.2 Å². The van der Waals surface area contributed by atoms with E-state index in [-0.39, 0.29) is 11.7 Å². The Kier molecular flexibility index (Phi) is 5.28. The molecule has 1 unspecified atom stereocenters. The number of nitrogens with zero attached hydrogens (tertiary/aromatic N) is 1. The third kappa shape index (κ3) is 4.15. The van der Waals surface area contributed by atoms with Gasteiger partial charge in [0.25, 0.3) is 5.69 Å². The van der Waals surface area contributed by atoms with Gasteiger partial charge in [0.1, 0.15) is 5.82 Å². The molecule has 0 saturated heterocycles. The Labute approximate surface area is 105 Å². The minimum Gasteiger partial charge on any atom is -0.309 e. The highest BCUT2D eigenvalue weighted by Crippen LogP contribution is 2.16. The molecular formula is C13H15FN2O2. The quantitative estimate of drug-likeness (QED) is 0.479. The Morgan fingerprint density at radius 1 is 1.56 bits per heavy atom. The van der Waals surface area contributed by atoms with Crippen molar-refractivity contribution >= 4 is 5.69 Å². The van der Waals surface area contributed by atoms with Gasteiger partial charge in [-0.3, -0.25) is 10.1 Å². The molecule has 1 atom stereocenters. The van der Waals surface area contributed by atoms with Crippen molar-refractivity contribution in [3.05, 3.63) is 39.7 Å². The van der Waals surface area contributed by atoms with Crippen molar-refractivity contribution in [3.8, 4) is 12.3 Å². The first-order valence-electron chi connectivity index (χ1n) is 5.67. The Hall–Kier alpha value is -1.93. The average Bonchev–Trinajstić information content (AvgIpc) is 2.33. The highest BCUT2D eigenvalue weighted by molar-refractivity contribution is 5.35. The zero-order valence-corrected chi connectivity index (χ0v) is 10.1. The fraction of sp³-hybridized carbons (Fsp3) is 0.385.